The minimum absolute atomic E-state index is 0.0435. The number of hydrogen-bond acceptors (Lipinski definition) is 6. The van der Waals surface area contributed by atoms with Crippen LogP contribution in [0.25, 0.3) is 10.9 Å². The van der Waals surface area contributed by atoms with Crippen LogP contribution in [0.4, 0.5) is 0 Å². The predicted octanol–water partition coefficient (Wildman–Crippen LogP) is 2.02. The third-order valence-corrected chi connectivity index (χ3v) is 5.05. The van der Waals surface area contributed by atoms with Crippen molar-refractivity contribution in [2.45, 2.75) is 25.5 Å². The molecule has 28 heavy (non-hydrogen) atoms. The van der Waals surface area contributed by atoms with E-state index in [9.17, 15) is 9.59 Å². The largest absolute Gasteiger partial charge is 0.458 e. The highest BCUT2D eigenvalue weighted by Crippen LogP contribution is 2.17. The molecule has 4 rings (SSSR count). The Kier molecular flexibility index (Phi) is 5.34. The first-order chi connectivity index (χ1) is 13.6. The lowest BCUT2D eigenvalue weighted by atomic mass is 10.1. The fourth-order valence-corrected chi connectivity index (χ4v) is 3.44. The number of aromatic nitrogens is 4. The lowest BCUT2D eigenvalue weighted by Gasteiger charge is -2.32. The van der Waals surface area contributed by atoms with Gasteiger partial charge in [-0.2, -0.15) is 0 Å². The number of rotatable bonds is 4. The summed E-state index contributed by atoms with van der Waals surface area (Å²) in [5.74, 6) is -0.135. The molecule has 0 saturated carbocycles. The van der Waals surface area contributed by atoms with Crippen molar-refractivity contribution in [3.05, 3.63) is 57.8 Å². The van der Waals surface area contributed by atoms with Crippen molar-refractivity contribution >= 4 is 32.7 Å². The normalized spacial score (nSPS) is 16.9. The smallest absolute Gasteiger partial charge is 0.316 e. The number of benzene rings is 1. The van der Waals surface area contributed by atoms with Gasteiger partial charge in [-0.15, -0.1) is 0 Å². The summed E-state index contributed by atoms with van der Waals surface area (Å²) in [7, 11) is 0. The molecule has 1 aliphatic heterocycles. The van der Waals surface area contributed by atoms with E-state index in [1.54, 1.807) is 35.5 Å². The maximum absolute atomic E-state index is 12.7. The van der Waals surface area contributed by atoms with Crippen molar-refractivity contribution in [2.75, 3.05) is 13.1 Å². The summed E-state index contributed by atoms with van der Waals surface area (Å²) in [4.78, 5) is 39.5. The first-order valence-electron chi connectivity index (χ1n) is 8.96. The number of carbonyl (C=O) groups is 1. The van der Waals surface area contributed by atoms with Gasteiger partial charge in [0.05, 0.1) is 28.2 Å². The Hall–Kier alpha value is -2.81. The molecule has 1 atom stereocenters. The number of likely N-dealkylation sites (tertiary alicyclic amines) is 1. The number of fused-ring (bicyclic) bond motifs is 1. The molecule has 2 aromatic heterocycles. The van der Waals surface area contributed by atoms with E-state index in [2.05, 4.69) is 30.9 Å². The van der Waals surface area contributed by atoms with E-state index in [-0.39, 0.29) is 30.1 Å². The number of carbonyl (C=O) groups excluding carboxylic acids is 1. The standard InChI is InChI=1S/C19H18BrN5O3/c20-13-8-21-19(22-9-13)28-14-4-3-7-24(10-14)17(26)11-25-12-23-16-6-2-1-5-15(16)18(25)27/h1-2,5-6,8-9,12,14H,3-4,7,10-11H2. The molecule has 1 fully saturated rings. The molecule has 1 aromatic carbocycles. The maximum Gasteiger partial charge on any atom is 0.316 e. The Morgan fingerprint density at radius 2 is 2.00 bits per heavy atom. The van der Waals surface area contributed by atoms with Gasteiger partial charge in [0.2, 0.25) is 5.91 Å². The van der Waals surface area contributed by atoms with Gasteiger partial charge in [0, 0.05) is 18.9 Å². The predicted molar refractivity (Wildman–Crippen MR) is 106 cm³/mol. The van der Waals surface area contributed by atoms with E-state index in [1.165, 1.54) is 10.9 Å². The molecule has 1 amide bonds. The minimum Gasteiger partial charge on any atom is -0.458 e. The van der Waals surface area contributed by atoms with Crippen LogP contribution in [0.15, 0.2) is 52.3 Å². The Labute approximate surface area is 169 Å². The highest BCUT2D eigenvalue weighted by atomic mass is 79.9. The van der Waals surface area contributed by atoms with Gasteiger partial charge in [0.1, 0.15) is 12.6 Å². The van der Waals surface area contributed by atoms with E-state index in [0.29, 0.717) is 24.0 Å². The van der Waals surface area contributed by atoms with Gasteiger partial charge in [0.25, 0.3) is 5.56 Å². The molecule has 3 heterocycles. The Bertz CT molecular complexity index is 1050. The summed E-state index contributed by atoms with van der Waals surface area (Å²) in [5.41, 5.74) is 0.407. The number of ether oxygens (including phenoxy) is 1. The lowest BCUT2D eigenvalue weighted by molar-refractivity contribution is -0.134. The maximum atomic E-state index is 12.7. The van der Waals surface area contributed by atoms with Crippen LogP contribution >= 0.6 is 15.9 Å². The number of nitrogens with zero attached hydrogens (tertiary/aromatic N) is 5. The second kappa shape index (κ2) is 8.05. The van der Waals surface area contributed by atoms with E-state index in [1.807, 2.05) is 6.07 Å². The summed E-state index contributed by atoms with van der Waals surface area (Å²) in [6.45, 7) is 1.03. The number of para-hydroxylation sites is 1. The number of amides is 1. The Balaban J connectivity index is 1.44. The van der Waals surface area contributed by atoms with Gasteiger partial charge in [-0.25, -0.2) is 15.0 Å². The van der Waals surface area contributed by atoms with Crippen molar-refractivity contribution in [1.29, 1.82) is 0 Å². The summed E-state index contributed by atoms with van der Waals surface area (Å²) >= 11 is 3.29. The molecular formula is C19H18BrN5O3. The summed E-state index contributed by atoms with van der Waals surface area (Å²) in [5, 5.41) is 0.505. The number of piperidine rings is 1. The SMILES string of the molecule is O=C(Cn1cnc2ccccc2c1=O)N1CCCC(Oc2ncc(Br)cn2)C1. The first kappa shape index (κ1) is 18.5. The lowest BCUT2D eigenvalue weighted by Crippen LogP contribution is -2.46. The molecule has 1 aliphatic rings. The van der Waals surface area contributed by atoms with Crippen LogP contribution < -0.4 is 10.3 Å². The molecular weight excluding hydrogens is 426 g/mol. The van der Waals surface area contributed by atoms with E-state index in [0.717, 1.165) is 17.3 Å². The molecule has 9 heteroatoms. The highest BCUT2D eigenvalue weighted by molar-refractivity contribution is 9.10. The van der Waals surface area contributed by atoms with Crippen LogP contribution in [-0.4, -0.2) is 49.5 Å². The van der Waals surface area contributed by atoms with Crippen molar-refractivity contribution in [2.24, 2.45) is 0 Å². The third-order valence-electron chi connectivity index (χ3n) is 4.64. The van der Waals surface area contributed by atoms with Crippen molar-refractivity contribution in [3.63, 3.8) is 0 Å². The average Bonchev–Trinajstić information content (AvgIpc) is 2.72. The van der Waals surface area contributed by atoms with Crippen LogP contribution in [0, 0.1) is 0 Å². The van der Waals surface area contributed by atoms with E-state index in [4.69, 9.17) is 4.74 Å². The fraction of sp³-hybridized carbons (Fsp3) is 0.316. The van der Waals surface area contributed by atoms with Crippen LogP contribution in [0.5, 0.6) is 6.01 Å². The molecule has 1 saturated heterocycles. The van der Waals surface area contributed by atoms with Crippen LogP contribution in [0.2, 0.25) is 0 Å². The second-order valence-electron chi connectivity index (χ2n) is 6.60. The van der Waals surface area contributed by atoms with Gasteiger partial charge >= 0.3 is 6.01 Å². The zero-order chi connectivity index (χ0) is 19.5. The molecule has 0 N–H and O–H groups in total. The van der Waals surface area contributed by atoms with Gasteiger partial charge in [0.15, 0.2) is 0 Å². The molecule has 1 unspecified atom stereocenters. The van der Waals surface area contributed by atoms with Crippen molar-refractivity contribution < 1.29 is 9.53 Å². The fourth-order valence-electron chi connectivity index (χ4n) is 3.24. The van der Waals surface area contributed by atoms with Gasteiger partial charge in [-0.3, -0.25) is 14.2 Å². The van der Waals surface area contributed by atoms with Crippen molar-refractivity contribution in [3.8, 4) is 6.01 Å². The van der Waals surface area contributed by atoms with E-state index >= 15 is 0 Å². The molecule has 0 bridgehead atoms. The van der Waals surface area contributed by atoms with Crippen LogP contribution in [-0.2, 0) is 11.3 Å². The molecule has 3 aromatic rings. The van der Waals surface area contributed by atoms with Crippen molar-refractivity contribution in [1.82, 2.24) is 24.4 Å². The van der Waals surface area contributed by atoms with Crippen LogP contribution in [0.1, 0.15) is 12.8 Å². The van der Waals surface area contributed by atoms with E-state index < -0.39 is 0 Å². The zero-order valence-corrected chi connectivity index (χ0v) is 16.6. The molecule has 0 spiro atoms. The number of halogens is 1. The third kappa shape index (κ3) is 4.04. The number of hydrogen-bond donors (Lipinski definition) is 0. The monoisotopic (exact) mass is 443 g/mol. The molecule has 8 nitrogen and oxygen atoms in total. The summed E-state index contributed by atoms with van der Waals surface area (Å²) in [6.07, 6.45) is 6.13. The summed E-state index contributed by atoms with van der Waals surface area (Å²) < 4.78 is 7.93. The molecule has 0 radical (unpaired) electrons. The molecule has 0 aliphatic carbocycles. The quantitative estimate of drug-likeness (QED) is 0.612. The van der Waals surface area contributed by atoms with Crippen LogP contribution in [0.3, 0.4) is 0 Å². The topological polar surface area (TPSA) is 90.2 Å². The van der Waals surface area contributed by atoms with Gasteiger partial charge < -0.3 is 9.64 Å². The van der Waals surface area contributed by atoms with Gasteiger partial charge in [-0.05, 0) is 40.9 Å². The summed E-state index contributed by atoms with van der Waals surface area (Å²) in [6, 6.07) is 7.40. The van der Waals surface area contributed by atoms with Gasteiger partial charge in [-0.1, -0.05) is 12.1 Å². The average molecular weight is 444 g/mol. The Morgan fingerprint density at radius 1 is 1.21 bits per heavy atom. The second-order valence-corrected chi connectivity index (χ2v) is 7.52. The zero-order valence-electron chi connectivity index (χ0n) is 15.0. The minimum atomic E-state index is -0.216. The molecule has 144 valence electrons. The first-order valence-corrected chi connectivity index (χ1v) is 9.75. The Morgan fingerprint density at radius 3 is 2.82 bits per heavy atom. The highest BCUT2D eigenvalue weighted by Gasteiger charge is 2.26.